The number of fused-ring (bicyclic) bond motifs is 5. The number of nitrogens with zero attached hydrogens (tertiary/aromatic N) is 3. The van der Waals surface area contributed by atoms with Gasteiger partial charge in [0.25, 0.3) is 0 Å². The van der Waals surface area contributed by atoms with Gasteiger partial charge in [0.1, 0.15) is 11.1 Å². The number of pyridine rings is 3. The molecular weight excluding hydrogens is 911 g/mol. The van der Waals surface area contributed by atoms with E-state index in [9.17, 15) is 0 Å². The molecule has 4 aromatic heterocycles. The molecule has 0 saturated heterocycles. The van der Waals surface area contributed by atoms with Crippen LogP contribution >= 0.6 is 0 Å². The Balaban J connectivity index is 0.000000204. The largest absolute Gasteiger partial charge is 0.498 e. The van der Waals surface area contributed by atoms with Gasteiger partial charge in [-0.15, -0.1) is 47.5 Å². The molecule has 4 heterocycles. The minimum absolute atomic E-state index is 0. The summed E-state index contributed by atoms with van der Waals surface area (Å²) in [7, 11) is 0. The first-order valence-electron chi connectivity index (χ1n) is 21.0. The van der Waals surface area contributed by atoms with Crippen LogP contribution in [0.5, 0.6) is 0 Å². The van der Waals surface area contributed by atoms with Crippen molar-refractivity contribution in [2.24, 2.45) is 16.2 Å². The van der Waals surface area contributed by atoms with Crippen LogP contribution in [0.25, 0.3) is 66.5 Å². The Bertz CT molecular complexity index is 2770. The van der Waals surface area contributed by atoms with Crippen LogP contribution in [0.1, 0.15) is 95.8 Å². The van der Waals surface area contributed by atoms with E-state index in [0.717, 1.165) is 80.3 Å². The maximum Gasteiger partial charge on any atom is 0.147 e. The number of rotatable bonds is 6. The van der Waals surface area contributed by atoms with Crippen LogP contribution in [0.2, 0.25) is 0 Å². The monoisotopic (exact) mass is 970 g/mol. The maximum atomic E-state index is 6.54. The number of aryl methyl sites for hydroxylation is 3. The molecule has 0 unspecified atom stereocenters. The van der Waals surface area contributed by atoms with E-state index >= 15 is 0 Å². The Morgan fingerprint density at radius 2 is 1.25 bits per heavy atom. The molecule has 0 aliphatic rings. The third-order valence-electron chi connectivity index (χ3n) is 10.6. The third kappa shape index (κ3) is 10.7. The standard InChI is InChI=1S/C30H31N2O.C25H28N.Ir/c1-29(2,3)17-19-14-15-31-25(16-19)24-9-7-8-22-23-13-11-20-10-12-21(18-30(4,5)6)32-26(20)28(23)33-27(22)24;1-17-7-10-22(24-13-18(2)19(3)16-26-24)14-23(17)21-11-8-20(9-12-21)15-25(4,5)6;/h7-8,10-16H,17-18H2,1-6H3;7-9,11-14,16H,15H2,1-6H3;/q2*-1;. The maximum absolute atomic E-state index is 6.54. The van der Waals surface area contributed by atoms with Gasteiger partial charge in [-0.3, -0.25) is 0 Å². The SMILES string of the molecule is CC(C)(C)Cc1ccnc(-c2[c-]ccc3c2oc2c3ccc3ccc(CC(C)(C)C)nc32)c1.Cc1cnc(-c2[c-]cc(C)c(-c3ccc(CC(C)(C)C)cc3)c2)cc1C.[Ir]. The molecule has 4 aromatic carbocycles. The van der Waals surface area contributed by atoms with Crippen molar-refractivity contribution in [1.82, 2.24) is 15.0 Å². The van der Waals surface area contributed by atoms with Crippen molar-refractivity contribution in [1.29, 1.82) is 0 Å². The molecule has 5 heteroatoms. The predicted octanol–water partition coefficient (Wildman–Crippen LogP) is 14.9. The van der Waals surface area contributed by atoms with Crippen molar-refractivity contribution in [3.05, 3.63) is 149 Å². The molecular formula is C55H59IrN3O-2. The molecule has 0 amide bonds. The van der Waals surface area contributed by atoms with Gasteiger partial charge < -0.3 is 14.4 Å². The summed E-state index contributed by atoms with van der Waals surface area (Å²) in [6.45, 7) is 26.7. The molecule has 60 heavy (non-hydrogen) atoms. The molecule has 0 fully saturated rings. The van der Waals surface area contributed by atoms with E-state index in [2.05, 4.69) is 190 Å². The average molecular weight is 970 g/mol. The van der Waals surface area contributed by atoms with Gasteiger partial charge in [-0.25, -0.2) is 4.98 Å². The normalized spacial score (nSPS) is 12.1. The van der Waals surface area contributed by atoms with E-state index in [0.29, 0.717) is 5.41 Å². The fourth-order valence-electron chi connectivity index (χ4n) is 7.80. The minimum atomic E-state index is 0. The minimum Gasteiger partial charge on any atom is -0.498 e. The van der Waals surface area contributed by atoms with Crippen molar-refractivity contribution >= 4 is 32.8 Å². The summed E-state index contributed by atoms with van der Waals surface area (Å²) in [5, 5.41) is 3.25. The fraction of sp³-hybridized carbons (Fsp3) is 0.327. The van der Waals surface area contributed by atoms with Crippen LogP contribution in [0.15, 0.2) is 108 Å². The van der Waals surface area contributed by atoms with E-state index < -0.39 is 0 Å². The molecule has 0 N–H and O–H groups in total. The Labute approximate surface area is 371 Å². The molecule has 0 aliphatic carbocycles. The Morgan fingerprint density at radius 1 is 0.583 bits per heavy atom. The summed E-state index contributed by atoms with van der Waals surface area (Å²) in [6, 6.07) is 39.1. The number of aromatic nitrogens is 3. The van der Waals surface area contributed by atoms with Gasteiger partial charge in [-0.2, -0.15) is 0 Å². The van der Waals surface area contributed by atoms with Gasteiger partial charge in [0.2, 0.25) is 0 Å². The molecule has 0 aliphatic heterocycles. The smallest absolute Gasteiger partial charge is 0.147 e. The fourth-order valence-corrected chi connectivity index (χ4v) is 7.80. The first-order chi connectivity index (χ1) is 27.8. The van der Waals surface area contributed by atoms with Gasteiger partial charge in [0.15, 0.2) is 0 Å². The second-order valence-corrected chi connectivity index (χ2v) is 20.1. The number of hydrogen-bond donors (Lipinski definition) is 0. The summed E-state index contributed by atoms with van der Waals surface area (Å²) >= 11 is 0. The summed E-state index contributed by atoms with van der Waals surface area (Å²) in [4.78, 5) is 14.3. The molecule has 1 radical (unpaired) electrons. The van der Waals surface area contributed by atoms with E-state index in [1.807, 2.05) is 18.5 Å². The molecule has 0 spiro atoms. The van der Waals surface area contributed by atoms with Gasteiger partial charge >= 0.3 is 0 Å². The van der Waals surface area contributed by atoms with Crippen molar-refractivity contribution in [2.45, 2.75) is 102 Å². The Hall–Kier alpha value is -4.96. The topological polar surface area (TPSA) is 51.8 Å². The molecule has 311 valence electrons. The van der Waals surface area contributed by atoms with E-state index in [1.165, 1.54) is 38.9 Å². The Morgan fingerprint density at radius 3 is 1.93 bits per heavy atom. The molecule has 0 saturated carbocycles. The zero-order valence-electron chi connectivity index (χ0n) is 37.5. The van der Waals surface area contributed by atoms with E-state index in [4.69, 9.17) is 9.40 Å². The third-order valence-corrected chi connectivity index (χ3v) is 10.6. The zero-order valence-corrected chi connectivity index (χ0v) is 39.9. The first-order valence-corrected chi connectivity index (χ1v) is 21.0. The predicted molar refractivity (Wildman–Crippen MR) is 249 cm³/mol. The van der Waals surface area contributed by atoms with Gasteiger partial charge in [-0.05, 0) is 89.6 Å². The second-order valence-electron chi connectivity index (χ2n) is 20.1. The van der Waals surface area contributed by atoms with Crippen molar-refractivity contribution in [2.75, 3.05) is 0 Å². The van der Waals surface area contributed by atoms with E-state index in [-0.39, 0.29) is 30.9 Å². The van der Waals surface area contributed by atoms with Gasteiger partial charge in [0, 0.05) is 49.0 Å². The number of benzene rings is 4. The van der Waals surface area contributed by atoms with Gasteiger partial charge in [0.05, 0.1) is 5.58 Å². The first kappa shape index (κ1) is 44.6. The molecule has 0 bridgehead atoms. The summed E-state index contributed by atoms with van der Waals surface area (Å²) in [5.41, 5.74) is 17.1. The quantitative estimate of drug-likeness (QED) is 0.156. The summed E-state index contributed by atoms with van der Waals surface area (Å²) in [5.74, 6) is 0. The summed E-state index contributed by atoms with van der Waals surface area (Å²) in [6.07, 6.45) is 6.83. The van der Waals surface area contributed by atoms with Crippen LogP contribution in [-0.4, -0.2) is 15.0 Å². The van der Waals surface area contributed by atoms with Crippen LogP contribution < -0.4 is 0 Å². The molecule has 8 rings (SSSR count). The van der Waals surface area contributed by atoms with Crippen molar-refractivity contribution < 1.29 is 24.5 Å². The molecule has 0 atom stereocenters. The van der Waals surface area contributed by atoms with Gasteiger partial charge in [-0.1, -0.05) is 151 Å². The van der Waals surface area contributed by atoms with E-state index in [1.54, 1.807) is 0 Å². The Kier molecular flexibility index (Phi) is 13.1. The number of hydrogen-bond acceptors (Lipinski definition) is 4. The van der Waals surface area contributed by atoms with Crippen LogP contribution in [0.4, 0.5) is 0 Å². The second kappa shape index (κ2) is 17.6. The molecule has 4 nitrogen and oxygen atoms in total. The van der Waals surface area contributed by atoms with Crippen molar-refractivity contribution in [3.8, 4) is 33.6 Å². The van der Waals surface area contributed by atoms with Crippen LogP contribution in [0.3, 0.4) is 0 Å². The van der Waals surface area contributed by atoms with Crippen LogP contribution in [0, 0.1) is 49.1 Å². The molecule has 8 aromatic rings. The zero-order chi connectivity index (χ0) is 42.3. The van der Waals surface area contributed by atoms with Crippen LogP contribution in [-0.2, 0) is 39.4 Å². The van der Waals surface area contributed by atoms with Crippen molar-refractivity contribution in [3.63, 3.8) is 0 Å². The number of furan rings is 1. The average Bonchev–Trinajstić information content (AvgIpc) is 3.55. The summed E-state index contributed by atoms with van der Waals surface area (Å²) < 4.78 is 6.54.